The summed E-state index contributed by atoms with van der Waals surface area (Å²) in [4.78, 5) is 9.98. The Bertz CT molecular complexity index is 840. The Balaban J connectivity index is 1.64. The number of anilines is 2. The van der Waals surface area contributed by atoms with Crippen LogP contribution in [-0.2, 0) is 0 Å². The van der Waals surface area contributed by atoms with Gasteiger partial charge in [-0.2, -0.15) is 0 Å². The minimum Gasteiger partial charge on any atom is -0.488 e. The second-order valence-corrected chi connectivity index (χ2v) is 6.98. The Morgan fingerprint density at radius 2 is 1.89 bits per heavy atom. The zero-order chi connectivity index (χ0) is 19.1. The van der Waals surface area contributed by atoms with Crippen molar-refractivity contribution in [2.24, 2.45) is 0 Å². The molecule has 0 bridgehead atoms. The molecular formula is C18H20F3N5O. The molecule has 2 aromatic rings. The fourth-order valence-corrected chi connectivity index (χ4v) is 3.33. The van der Waals surface area contributed by atoms with Crippen molar-refractivity contribution < 1.29 is 17.9 Å². The Hall–Kier alpha value is -2.55. The van der Waals surface area contributed by atoms with Gasteiger partial charge in [-0.05, 0) is 19.9 Å². The Labute approximate surface area is 154 Å². The Kier molecular flexibility index (Phi) is 4.55. The lowest BCUT2D eigenvalue weighted by atomic mass is 10.0. The van der Waals surface area contributed by atoms with Crippen LogP contribution in [0.25, 0.3) is 0 Å². The van der Waals surface area contributed by atoms with Gasteiger partial charge in [0.25, 0.3) is 0 Å². The standard InChI is InChI=1S/C18H20F3N5O/c1-9(2)27-16-3-10-14(4-11(16)19)24-25-18(10)15-5-17(23-8-22-15)26-6-12(20)13(21)7-26/h3-5,8-9,12-13,18,24-25H,6-7H2,1-2H3/t12-,13-,18+/m0/s1. The lowest BCUT2D eigenvalue weighted by Gasteiger charge is -2.18. The number of benzene rings is 1. The maximum absolute atomic E-state index is 14.2. The number of alkyl halides is 2. The van der Waals surface area contributed by atoms with Crippen molar-refractivity contribution in [1.29, 1.82) is 0 Å². The molecule has 0 saturated carbocycles. The van der Waals surface area contributed by atoms with E-state index in [-0.39, 0.29) is 31.0 Å². The summed E-state index contributed by atoms with van der Waals surface area (Å²) in [7, 11) is 0. The summed E-state index contributed by atoms with van der Waals surface area (Å²) in [6.45, 7) is 3.57. The summed E-state index contributed by atoms with van der Waals surface area (Å²) < 4.78 is 46.7. The highest BCUT2D eigenvalue weighted by atomic mass is 19.2. The predicted molar refractivity (Wildman–Crippen MR) is 94.8 cm³/mol. The first-order valence-electron chi connectivity index (χ1n) is 8.79. The summed E-state index contributed by atoms with van der Waals surface area (Å²) >= 11 is 0. The van der Waals surface area contributed by atoms with Crippen molar-refractivity contribution in [1.82, 2.24) is 15.4 Å². The van der Waals surface area contributed by atoms with Gasteiger partial charge in [-0.15, -0.1) is 0 Å². The second kappa shape index (κ2) is 6.88. The number of aromatic nitrogens is 2. The molecule has 2 N–H and O–H groups in total. The van der Waals surface area contributed by atoms with Gasteiger partial charge in [0.05, 0.1) is 36.6 Å². The van der Waals surface area contributed by atoms with Gasteiger partial charge < -0.3 is 15.1 Å². The van der Waals surface area contributed by atoms with Gasteiger partial charge in [-0.1, -0.05) is 0 Å². The normalized spacial score (nSPS) is 24.2. The minimum atomic E-state index is -1.52. The minimum absolute atomic E-state index is 0.0395. The van der Waals surface area contributed by atoms with E-state index in [1.165, 1.54) is 12.4 Å². The number of hydrazine groups is 1. The molecule has 0 spiro atoms. The molecule has 2 aliphatic heterocycles. The van der Waals surface area contributed by atoms with E-state index in [2.05, 4.69) is 20.8 Å². The van der Waals surface area contributed by atoms with Gasteiger partial charge in [-0.3, -0.25) is 0 Å². The number of rotatable bonds is 4. The quantitative estimate of drug-likeness (QED) is 0.852. The van der Waals surface area contributed by atoms with Crippen molar-refractivity contribution in [2.45, 2.75) is 38.3 Å². The zero-order valence-corrected chi connectivity index (χ0v) is 14.9. The van der Waals surface area contributed by atoms with Crippen LogP contribution in [0.1, 0.15) is 31.1 Å². The number of hydrogen-bond donors (Lipinski definition) is 2. The van der Waals surface area contributed by atoms with E-state index in [4.69, 9.17) is 4.74 Å². The number of fused-ring (bicyclic) bond motifs is 1. The molecule has 0 aliphatic carbocycles. The number of nitrogens with zero attached hydrogens (tertiary/aromatic N) is 3. The molecule has 2 aliphatic rings. The summed E-state index contributed by atoms with van der Waals surface area (Å²) in [6, 6.07) is 4.31. The second-order valence-electron chi connectivity index (χ2n) is 6.98. The van der Waals surface area contributed by atoms with Crippen LogP contribution in [0.15, 0.2) is 24.5 Å². The molecule has 3 heterocycles. The highest BCUT2D eigenvalue weighted by Gasteiger charge is 2.34. The van der Waals surface area contributed by atoms with E-state index < -0.39 is 18.2 Å². The molecule has 0 unspecified atom stereocenters. The van der Waals surface area contributed by atoms with Crippen LogP contribution < -0.4 is 20.5 Å². The number of ether oxygens (including phenoxy) is 1. The van der Waals surface area contributed by atoms with E-state index >= 15 is 0 Å². The van der Waals surface area contributed by atoms with E-state index in [1.807, 2.05) is 13.8 Å². The largest absolute Gasteiger partial charge is 0.488 e. The van der Waals surface area contributed by atoms with E-state index in [1.54, 1.807) is 17.0 Å². The third-order valence-corrected chi connectivity index (χ3v) is 4.60. The van der Waals surface area contributed by atoms with Gasteiger partial charge in [0.2, 0.25) is 0 Å². The van der Waals surface area contributed by atoms with Crippen LogP contribution in [0.5, 0.6) is 5.75 Å². The van der Waals surface area contributed by atoms with Crippen molar-refractivity contribution in [3.8, 4) is 5.75 Å². The fraction of sp³-hybridized carbons (Fsp3) is 0.444. The van der Waals surface area contributed by atoms with Crippen molar-refractivity contribution in [3.05, 3.63) is 41.6 Å². The van der Waals surface area contributed by atoms with Crippen molar-refractivity contribution in [2.75, 3.05) is 23.4 Å². The average molecular weight is 379 g/mol. The van der Waals surface area contributed by atoms with Crippen LogP contribution in [0.2, 0.25) is 0 Å². The first-order valence-corrected chi connectivity index (χ1v) is 8.79. The van der Waals surface area contributed by atoms with Crippen molar-refractivity contribution in [3.63, 3.8) is 0 Å². The molecule has 1 saturated heterocycles. The fourth-order valence-electron chi connectivity index (χ4n) is 3.33. The lowest BCUT2D eigenvalue weighted by molar-refractivity contribution is 0.217. The summed E-state index contributed by atoms with van der Waals surface area (Å²) in [5, 5.41) is 0. The molecule has 3 atom stereocenters. The van der Waals surface area contributed by atoms with Crippen LogP contribution in [0.3, 0.4) is 0 Å². The summed E-state index contributed by atoms with van der Waals surface area (Å²) in [5.74, 6) is 0.160. The third-order valence-electron chi connectivity index (χ3n) is 4.60. The number of halogens is 3. The molecule has 144 valence electrons. The van der Waals surface area contributed by atoms with Crippen molar-refractivity contribution >= 4 is 11.5 Å². The molecule has 27 heavy (non-hydrogen) atoms. The average Bonchev–Trinajstić information content (AvgIpc) is 3.18. The summed E-state index contributed by atoms with van der Waals surface area (Å²) in [5.41, 5.74) is 7.94. The summed E-state index contributed by atoms with van der Waals surface area (Å²) in [6.07, 6.45) is -1.84. The molecule has 4 rings (SSSR count). The molecular weight excluding hydrogens is 359 g/mol. The molecule has 1 aromatic carbocycles. The van der Waals surface area contributed by atoms with E-state index in [9.17, 15) is 13.2 Å². The van der Waals surface area contributed by atoms with Crippen LogP contribution >= 0.6 is 0 Å². The molecule has 1 fully saturated rings. The van der Waals surface area contributed by atoms with Crippen LogP contribution in [0, 0.1) is 5.82 Å². The highest BCUT2D eigenvalue weighted by molar-refractivity contribution is 5.61. The molecule has 0 radical (unpaired) electrons. The van der Waals surface area contributed by atoms with Crippen LogP contribution in [-0.4, -0.2) is 41.5 Å². The maximum atomic E-state index is 14.2. The highest BCUT2D eigenvalue weighted by Crippen LogP contribution is 2.37. The van der Waals surface area contributed by atoms with Crippen LogP contribution in [0.4, 0.5) is 24.7 Å². The van der Waals surface area contributed by atoms with E-state index in [0.717, 1.165) is 5.56 Å². The number of hydrogen-bond acceptors (Lipinski definition) is 6. The number of nitrogens with one attached hydrogen (secondary N) is 2. The third kappa shape index (κ3) is 3.39. The Morgan fingerprint density at radius 3 is 2.59 bits per heavy atom. The van der Waals surface area contributed by atoms with Gasteiger partial charge in [-0.25, -0.2) is 28.6 Å². The first-order chi connectivity index (χ1) is 12.9. The SMILES string of the molecule is CC(C)Oc1cc2c(cc1F)NN[C@H]2c1cc(N2C[C@H](F)[C@@H](F)C2)ncn1. The Morgan fingerprint density at radius 1 is 1.15 bits per heavy atom. The predicted octanol–water partition coefficient (Wildman–Crippen LogP) is 2.92. The molecule has 0 amide bonds. The first kappa shape index (κ1) is 17.8. The van der Waals surface area contributed by atoms with E-state index in [0.29, 0.717) is 17.2 Å². The molecule has 1 aromatic heterocycles. The van der Waals surface area contributed by atoms with Gasteiger partial charge in [0.1, 0.15) is 12.1 Å². The molecule has 6 nitrogen and oxygen atoms in total. The smallest absolute Gasteiger partial charge is 0.167 e. The van der Waals surface area contributed by atoms with Gasteiger partial charge >= 0.3 is 0 Å². The maximum Gasteiger partial charge on any atom is 0.167 e. The van der Waals surface area contributed by atoms with Gasteiger partial charge in [0.15, 0.2) is 23.9 Å². The van der Waals surface area contributed by atoms with Gasteiger partial charge in [0, 0.05) is 17.7 Å². The topological polar surface area (TPSA) is 62.3 Å². The zero-order valence-electron chi connectivity index (χ0n) is 14.9. The monoisotopic (exact) mass is 379 g/mol. The molecule has 9 heteroatoms. The lowest BCUT2D eigenvalue weighted by Crippen LogP contribution is -2.24.